The lowest BCUT2D eigenvalue weighted by atomic mass is 10.0. The van der Waals surface area contributed by atoms with E-state index in [4.69, 9.17) is 9.47 Å². The second kappa shape index (κ2) is 7.68. The number of carbonyl (C=O) groups is 1. The quantitative estimate of drug-likeness (QED) is 0.876. The van der Waals surface area contributed by atoms with Gasteiger partial charge >= 0.3 is 0 Å². The molecule has 122 valence electrons. The third-order valence-corrected chi connectivity index (χ3v) is 3.70. The third-order valence-electron chi connectivity index (χ3n) is 3.70. The van der Waals surface area contributed by atoms with Crippen molar-refractivity contribution in [1.82, 2.24) is 0 Å². The standard InChI is InChI=1S/C19H23NO3/c1-13(2)16-7-5-6-8-17(16)20-19(21)12-14-11-15(22-3)9-10-18(14)23-4/h5-11,13H,12H2,1-4H3,(H,20,21). The van der Waals surface area contributed by atoms with Crippen LogP contribution in [0.25, 0.3) is 0 Å². The third kappa shape index (κ3) is 4.25. The predicted octanol–water partition coefficient (Wildman–Crippen LogP) is 4.01. The number of para-hydroxylation sites is 1. The first kappa shape index (κ1) is 16.9. The zero-order chi connectivity index (χ0) is 16.8. The Morgan fingerprint density at radius 2 is 1.83 bits per heavy atom. The molecule has 0 aromatic heterocycles. The van der Waals surface area contributed by atoms with Gasteiger partial charge in [0.2, 0.25) is 5.91 Å². The van der Waals surface area contributed by atoms with Gasteiger partial charge in [-0.25, -0.2) is 0 Å². The Hall–Kier alpha value is -2.49. The summed E-state index contributed by atoms with van der Waals surface area (Å²) in [6.45, 7) is 4.21. The van der Waals surface area contributed by atoms with Gasteiger partial charge in [0.25, 0.3) is 0 Å². The van der Waals surface area contributed by atoms with E-state index in [1.165, 1.54) is 0 Å². The summed E-state index contributed by atoms with van der Waals surface area (Å²) in [5.74, 6) is 1.65. The first-order valence-electron chi connectivity index (χ1n) is 7.64. The molecule has 2 aromatic carbocycles. The SMILES string of the molecule is COc1ccc(OC)c(CC(=O)Nc2ccccc2C(C)C)c1. The van der Waals surface area contributed by atoms with E-state index in [0.29, 0.717) is 17.4 Å². The summed E-state index contributed by atoms with van der Waals surface area (Å²) in [7, 11) is 3.20. The maximum atomic E-state index is 12.4. The van der Waals surface area contributed by atoms with Gasteiger partial charge in [0.1, 0.15) is 11.5 Å². The molecule has 0 aliphatic rings. The average Bonchev–Trinajstić information content (AvgIpc) is 2.55. The summed E-state index contributed by atoms with van der Waals surface area (Å²) in [6, 6.07) is 13.3. The smallest absolute Gasteiger partial charge is 0.228 e. The summed E-state index contributed by atoms with van der Waals surface area (Å²) >= 11 is 0. The Morgan fingerprint density at radius 3 is 2.48 bits per heavy atom. The van der Waals surface area contributed by atoms with Gasteiger partial charge in [0.05, 0.1) is 20.6 Å². The van der Waals surface area contributed by atoms with Gasteiger partial charge in [-0.3, -0.25) is 4.79 Å². The van der Waals surface area contributed by atoms with Crippen LogP contribution in [-0.4, -0.2) is 20.1 Å². The van der Waals surface area contributed by atoms with E-state index in [1.54, 1.807) is 14.2 Å². The van der Waals surface area contributed by atoms with Crippen LogP contribution in [0.5, 0.6) is 11.5 Å². The zero-order valence-corrected chi connectivity index (χ0v) is 14.1. The normalized spacial score (nSPS) is 10.5. The molecule has 0 saturated carbocycles. The van der Waals surface area contributed by atoms with Gasteiger partial charge in [-0.1, -0.05) is 32.0 Å². The number of rotatable bonds is 6. The number of amides is 1. The Morgan fingerprint density at radius 1 is 1.09 bits per heavy atom. The van der Waals surface area contributed by atoms with E-state index in [0.717, 1.165) is 16.8 Å². The van der Waals surface area contributed by atoms with Crippen LogP contribution in [0, 0.1) is 0 Å². The Kier molecular flexibility index (Phi) is 5.63. The molecule has 2 rings (SSSR count). The molecule has 4 nitrogen and oxygen atoms in total. The van der Waals surface area contributed by atoms with Gasteiger partial charge < -0.3 is 14.8 Å². The van der Waals surface area contributed by atoms with Gasteiger partial charge in [-0.05, 0) is 35.7 Å². The Bertz CT molecular complexity index is 680. The molecule has 0 aliphatic heterocycles. The maximum Gasteiger partial charge on any atom is 0.228 e. The number of ether oxygens (including phenoxy) is 2. The molecule has 23 heavy (non-hydrogen) atoms. The van der Waals surface area contributed by atoms with Crippen molar-refractivity contribution in [3.63, 3.8) is 0 Å². The molecule has 0 aliphatic carbocycles. The zero-order valence-electron chi connectivity index (χ0n) is 14.1. The van der Waals surface area contributed by atoms with Crippen molar-refractivity contribution in [2.45, 2.75) is 26.2 Å². The molecule has 0 fully saturated rings. The van der Waals surface area contributed by atoms with E-state index < -0.39 is 0 Å². The van der Waals surface area contributed by atoms with Crippen LogP contribution >= 0.6 is 0 Å². The fourth-order valence-corrected chi connectivity index (χ4v) is 2.50. The van der Waals surface area contributed by atoms with Crippen LogP contribution in [0.4, 0.5) is 5.69 Å². The van der Waals surface area contributed by atoms with Crippen molar-refractivity contribution in [2.24, 2.45) is 0 Å². The molecule has 2 aromatic rings. The van der Waals surface area contributed by atoms with Crippen molar-refractivity contribution in [3.8, 4) is 11.5 Å². The average molecular weight is 313 g/mol. The number of nitrogens with one attached hydrogen (secondary N) is 1. The van der Waals surface area contributed by atoms with Crippen molar-refractivity contribution in [1.29, 1.82) is 0 Å². The summed E-state index contributed by atoms with van der Waals surface area (Å²) in [4.78, 5) is 12.4. The van der Waals surface area contributed by atoms with Crippen LogP contribution in [0.2, 0.25) is 0 Å². The fraction of sp³-hybridized carbons (Fsp3) is 0.316. The lowest BCUT2D eigenvalue weighted by molar-refractivity contribution is -0.115. The minimum Gasteiger partial charge on any atom is -0.497 e. The molecule has 1 amide bonds. The molecular weight excluding hydrogens is 290 g/mol. The number of hydrogen-bond donors (Lipinski definition) is 1. The largest absolute Gasteiger partial charge is 0.497 e. The van der Waals surface area contributed by atoms with E-state index >= 15 is 0 Å². The molecule has 4 heteroatoms. The van der Waals surface area contributed by atoms with Gasteiger partial charge in [0.15, 0.2) is 0 Å². The van der Waals surface area contributed by atoms with Crippen molar-refractivity contribution < 1.29 is 14.3 Å². The lowest BCUT2D eigenvalue weighted by Crippen LogP contribution is -2.16. The first-order valence-corrected chi connectivity index (χ1v) is 7.64. The monoisotopic (exact) mass is 313 g/mol. The molecule has 0 heterocycles. The molecule has 1 N–H and O–H groups in total. The molecule has 0 atom stereocenters. The van der Waals surface area contributed by atoms with Gasteiger partial charge in [-0.2, -0.15) is 0 Å². The number of benzene rings is 2. The highest BCUT2D eigenvalue weighted by atomic mass is 16.5. The van der Waals surface area contributed by atoms with Crippen LogP contribution < -0.4 is 14.8 Å². The number of hydrogen-bond acceptors (Lipinski definition) is 3. The van der Waals surface area contributed by atoms with Crippen LogP contribution in [0.1, 0.15) is 30.9 Å². The maximum absolute atomic E-state index is 12.4. The van der Waals surface area contributed by atoms with Crippen molar-refractivity contribution >= 4 is 11.6 Å². The van der Waals surface area contributed by atoms with Crippen molar-refractivity contribution in [3.05, 3.63) is 53.6 Å². The number of carbonyl (C=O) groups excluding carboxylic acids is 1. The van der Waals surface area contributed by atoms with Gasteiger partial charge in [0, 0.05) is 11.3 Å². The second-order valence-corrected chi connectivity index (χ2v) is 5.64. The van der Waals surface area contributed by atoms with Crippen LogP contribution in [0.3, 0.4) is 0 Å². The highest BCUT2D eigenvalue weighted by Crippen LogP contribution is 2.26. The summed E-state index contributed by atoms with van der Waals surface area (Å²) < 4.78 is 10.5. The molecular formula is C19H23NO3. The molecule has 0 radical (unpaired) electrons. The number of methoxy groups -OCH3 is 2. The van der Waals surface area contributed by atoms with E-state index in [2.05, 4.69) is 19.2 Å². The van der Waals surface area contributed by atoms with Crippen LogP contribution in [-0.2, 0) is 11.2 Å². The Balaban J connectivity index is 2.17. The summed E-state index contributed by atoms with van der Waals surface area (Å²) in [6.07, 6.45) is 0.229. The summed E-state index contributed by atoms with van der Waals surface area (Å²) in [5, 5.41) is 2.99. The minimum absolute atomic E-state index is 0.0790. The molecule has 0 unspecified atom stereocenters. The topological polar surface area (TPSA) is 47.6 Å². The minimum atomic E-state index is -0.0790. The van der Waals surface area contributed by atoms with E-state index in [9.17, 15) is 4.79 Å². The first-order chi connectivity index (χ1) is 11.0. The molecule has 0 spiro atoms. The van der Waals surface area contributed by atoms with Crippen molar-refractivity contribution in [2.75, 3.05) is 19.5 Å². The highest BCUT2D eigenvalue weighted by Gasteiger charge is 2.13. The number of anilines is 1. The predicted molar refractivity (Wildman–Crippen MR) is 92.4 cm³/mol. The molecule has 0 saturated heterocycles. The summed E-state index contributed by atoms with van der Waals surface area (Å²) in [5.41, 5.74) is 2.78. The Labute approximate surface area is 137 Å². The lowest BCUT2D eigenvalue weighted by Gasteiger charge is -2.14. The van der Waals surface area contributed by atoms with Gasteiger partial charge in [-0.15, -0.1) is 0 Å². The fourth-order valence-electron chi connectivity index (χ4n) is 2.50. The molecule has 0 bridgehead atoms. The highest BCUT2D eigenvalue weighted by molar-refractivity contribution is 5.93. The van der Waals surface area contributed by atoms with E-state index in [-0.39, 0.29) is 12.3 Å². The second-order valence-electron chi connectivity index (χ2n) is 5.64. The van der Waals surface area contributed by atoms with E-state index in [1.807, 2.05) is 42.5 Å². The van der Waals surface area contributed by atoms with Crippen LogP contribution in [0.15, 0.2) is 42.5 Å².